The summed E-state index contributed by atoms with van der Waals surface area (Å²) >= 11 is 0. The van der Waals surface area contributed by atoms with Crippen LogP contribution in [0.4, 0.5) is 5.69 Å². The lowest BCUT2D eigenvalue weighted by Crippen LogP contribution is -2.41. The van der Waals surface area contributed by atoms with Gasteiger partial charge in [-0.15, -0.1) is 0 Å². The summed E-state index contributed by atoms with van der Waals surface area (Å²) in [6, 6.07) is 20.6. The Balaban J connectivity index is 1.68. The van der Waals surface area contributed by atoms with Crippen LogP contribution in [0, 0.1) is 0 Å². The number of methoxy groups -OCH3 is 2. The lowest BCUT2D eigenvalue weighted by Gasteiger charge is -2.24. The summed E-state index contributed by atoms with van der Waals surface area (Å²) in [5.74, 6) is 0.913. The van der Waals surface area contributed by atoms with Gasteiger partial charge in [0.15, 0.2) is 11.5 Å². The van der Waals surface area contributed by atoms with Gasteiger partial charge >= 0.3 is 0 Å². The first-order chi connectivity index (χ1) is 17.6. The van der Waals surface area contributed by atoms with Crippen molar-refractivity contribution < 1.29 is 27.4 Å². The number of rotatable bonds is 11. The Kier molecular flexibility index (Phi) is 9.04. The molecule has 1 N–H and O–H groups in total. The molecule has 0 fully saturated rings. The Hall–Kier alpha value is -3.72. The van der Waals surface area contributed by atoms with Gasteiger partial charge in [-0.25, -0.2) is 8.42 Å². The maximum absolute atomic E-state index is 13.6. The average Bonchev–Trinajstić information content (AvgIpc) is 2.89. The van der Waals surface area contributed by atoms with Crippen LogP contribution in [0.15, 0.2) is 77.7 Å². The minimum Gasteiger partial charge on any atom is -0.493 e. The summed E-state index contributed by atoms with van der Waals surface area (Å²) in [6.07, 6.45) is 0. The molecule has 198 valence electrons. The lowest BCUT2D eigenvalue weighted by atomic mass is 9.87. The van der Waals surface area contributed by atoms with Gasteiger partial charge in [-0.1, -0.05) is 51.1 Å². The summed E-state index contributed by atoms with van der Waals surface area (Å²) in [4.78, 5) is 12.8. The van der Waals surface area contributed by atoms with Crippen molar-refractivity contribution in [1.29, 1.82) is 0 Å². The summed E-state index contributed by atoms with van der Waals surface area (Å²) in [5.41, 5.74) is 1.61. The van der Waals surface area contributed by atoms with E-state index in [0.29, 0.717) is 17.2 Å². The van der Waals surface area contributed by atoms with Gasteiger partial charge in [0.2, 0.25) is 5.91 Å². The standard InChI is InChI=1S/C28H34N2O6S/c1-28(2,3)21-11-13-23(14-12-21)36-18-17-29-27(31)20-30(22-9-7-6-8-10-22)37(32,33)24-15-16-25(34-4)26(19-24)35-5/h6-16,19H,17-18,20H2,1-5H3,(H,29,31). The van der Waals surface area contributed by atoms with Crippen LogP contribution in [0.2, 0.25) is 0 Å². The highest BCUT2D eigenvalue weighted by Gasteiger charge is 2.28. The number of carbonyl (C=O) groups is 1. The molecule has 0 spiro atoms. The number of carbonyl (C=O) groups excluding carboxylic acids is 1. The molecule has 0 aliphatic rings. The molecular formula is C28H34N2O6S. The summed E-state index contributed by atoms with van der Waals surface area (Å²) in [5, 5.41) is 2.74. The molecule has 0 saturated heterocycles. The zero-order chi connectivity index (χ0) is 27.1. The molecule has 3 aromatic rings. The SMILES string of the molecule is COc1ccc(S(=O)(=O)N(CC(=O)NCCOc2ccc(C(C)(C)C)cc2)c2ccccc2)cc1OC. The third kappa shape index (κ3) is 7.16. The molecule has 0 bridgehead atoms. The predicted octanol–water partition coefficient (Wildman–Crippen LogP) is 4.39. The molecule has 1 amide bonds. The fourth-order valence-electron chi connectivity index (χ4n) is 3.61. The van der Waals surface area contributed by atoms with E-state index >= 15 is 0 Å². The Morgan fingerprint density at radius 2 is 1.54 bits per heavy atom. The molecule has 0 unspecified atom stereocenters. The van der Waals surface area contributed by atoms with Crippen LogP contribution in [0.25, 0.3) is 0 Å². The number of hydrogen-bond acceptors (Lipinski definition) is 6. The molecule has 3 rings (SSSR count). The zero-order valence-electron chi connectivity index (χ0n) is 21.9. The minimum atomic E-state index is -4.09. The van der Waals surface area contributed by atoms with Crippen LogP contribution in [-0.2, 0) is 20.2 Å². The summed E-state index contributed by atoms with van der Waals surface area (Å²) < 4.78 is 44.4. The molecular weight excluding hydrogens is 492 g/mol. The molecule has 0 saturated carbocycles. The van der Waals surface area contributed by atoms with E-state index in [1.165, 1.54) is 38.0 Å². The van der Waals surface area contributed by atoms with Crippen molar-refractivity contribution in [2.75, 3.05) is 38.2 Å². The summed E-state index contributed by atoms with van der Waals surface area (Å²) in [7, 11) is -1.19. The van der Waals surface area contributed by atoms with Crippen LogP contribution in [0.3, 0.4) is 0 Å². The third-order valence-electron chi connectivity index (χ3n) is 5.69. The largest absolute Gasteiger partial charge is 0.493 e. The van der Waals surface area contributed by atoms with Gasteiger partial charge in [0.1, 0.15) is 18.9 Å². The molecule has 0 atom stereocenters. The van der Waals surface area contributed by atoms with Crippen molar-refractivity contribution in [2.24, 2.45) is 0 Å². The van der Waals surface area contributed by atoms with E-state index in [9.17, 15) is 13.2 Å². The number of benzene rings is 3. The van der Waals surface area contributed by atoms with Crippen molar-refractivity contribution in [3.8, 4) is 17.2 Å². The van der Waals surface area contributed by atoms with Gasteiger partial charge in [-0.05, 0) is 47.4 Å². The van der Waals surface area contributed by atoms with E-state index < -0.39 is 22.5 Å². The third-order valence-corrected chi connectivity index (χ3v) is 7.46. The van der Waals surface area contributed by atoms with Crippen molar-refractivity contribution in [1.82, 2.24) is 5.32 Å². The monoisotopic (exact) mass is 526 g/mol. The maximum Gasteiger partial charge on any atom is 0.264 e. The topological polar surface area (TPSA) is 94.2 Å². The zero-order valence-corrected chi connectivity index (χ0v) is 22.7. The second kappa shape index (κ2) is 12.0. The number of hydrogen-bond donors (Lipinski definition) is 1. The van der Waals surface area contributed by atoms with Crippen molar-refractivity contribution in [2.45, 2.75) is 31.1 Å². The van der Waals surface area contributed by atoms with Gasteiger partial charge in [-0.3, -0.25) is 9.10 Å². The minimum absolute atomic E-state index is 0.0242. The van der Waals surface area contributed by atoms with Gasteiger partial charge in [-0.2, -0.15) is 0 Å². The Morgan fingerprint density at radius 3 is 2.14 bits per heavy atom. The van der Waals surface area contributed by atoms with E-state index in [1.807, 2.05) is 24.3 Å². The molecule has 0 aromatic heterocycles. The number of nitrogens with zero attached hydrogens (tertiary/aromatic N) is 1. The maximum atomic E-state index is 13.6. The molecule has 0 aliphatic heterocycles. The number of nitrogens with one attached hydrogen (secondary N) is 1. The van der Waals surface area contributed by atoms with Crippen LogP contribution in [-0.4, -0.2) is 48.2 Å². The highest BCUT2D eigenvalue weighted by atomic mass is 32.2. The normalized spacial score (nSPS) is 11.5. The Labute approximate surface area is 219 Å². The van der Waals surface area contributed by atoms with Crippen LogP contribution < -0.4 is 23.8 Å². The Morgan fingerprint density at radius 1 is 0.892 bits per heavy atom. The highest BCUT2D eigenvalue weighted by Crippen LogP contribution is 2.32. The van der Waals surface area contributed by atoms with E-state index in [4.69, 9.17) is 14.2 Å². The smallest absolute Gasteiger partial charge is 0.264 e. The van der Waals surface area contributed by atoms with E-state index in [1.54, 1.807) is 30.3 Å². The lowest BCUT2D eigenvalue weighted by molar-refractivity contribution is -0.119. The van der Waals surface area contributed by atoms with Crippen molar-refractivity contribution in [3.05, 3.63) is 78.4 Å². The molecule has 0 aliphatic carbocycles. The number of ether oxygens (including phenoxy) is 3. The number of sulfonamides is 1. The molecule has 3 aromatic carbocycles. The quantitative estimate of drug-likeness (QED) is 0.373. The van der Waals surface area contributed by atoms with Gasteiger partial charge < -0.3 is 19.5 Å². The second-order valence-electron chi connectivity index (χ2n) is 9.34. The van der Waals surface area contributed by atoms with Gasteiger partial charge in [0.05, 0.1) is 31.3 Å². The number of anilines is 1. The van der Waals surface area contributed by atoms with E-state index in [2.05, 4.69) is 26.1 Å². The van der Waals surface area contributed by atoms with Crippen LogP contribution >= 0.6 is 0 Å². The van der Waals surface area contributed by atoms with Crippen LogP contribution in [0.5, 0.6) is 17.2 Å². The number of amides is 1. The first kappa shape index (κ1) is 27.9. The van der Waals surface area contributed by atoms with Gasteiger partial charge in [0.25, 0.3) is 10.0 Å². The fraction of sp³-hybridized carbons (Fsp3) is 0.321. The molecule has 8 nitrogen and oxygen atoms in total. The van der Waals surface area contributed by atoms with Gasteiger partial charge in [0, 0.05) is 6.07 Å². The second-order valence-corrected chi connectivity index (χ2v) is 11.2. The molecule has 9 heteroatoms. The van der Waals surface area contributed by atoms with Crippen molar-refractivity contribution >= 4 is 21.6 Å². The number of para-hydroxylation sites is 1. The van der Waals surface area contributed by atoms with Crippen molar-refractivity contribution in [3.63, 3.8) is 0 Å². The molecule has 37 heavy (non-hydrogen) atoms. The first-order valence-corrected chi connectivity index (χ1v) is 13.3. The van der Waals surface area contributed by atoms with Crippen LogP contribution in [0.1, 0.15) is 26.3 Å². The van der Waals surface area contributed by atoms with E-state index in [-0.39, 0.29) is 29.2 Å². The average molecular weight is 527 g/mol. The Bertz CT molecular complexity index is 1290. The first-order valence-electron chi connectivity index (χ1n) is 11.9. The molecule has 0 radical (unpaired) electrons. The van der Waals surface area contributed by atoms with E-state index in [0.717, 1.165) is 4.31 Å². The molecule has 0 heterocycles. The fourth-order valence-corrected chi connectivity index (χ4v) is 5.05. The summed E-state index contributed by atoms with van der Waals surface area (Å²) in [6.45, 7) is 6.49. The predicted molar refractivity (Wildman–Crippen MR) is 144 cm³/mol. The highest BCUT2D eigenvalue weighted by molar-refractivity contribution is 7.92.